The van der Waals surface area contributed by atoms with Gasteiger partial charge in [-0.2, -0.15) is 5.10 Å². The number of carbonyl (C=O) groups is 1. The molecular formula is C17H20BrN3O4S. The van der Waals surface area contributed by atoms with Crippen LogP contribution in [0.25, 0.3) is 0 Å². The van der Waals surface area contributed by atoms with E-state index in [2.05, 4.69) is 26.3 Å². The Hall–Kier alpha value is -2.00. The first kappa shape index (κ1) is 20.3. The van der Waals surface area contributed by atoms with Crippen molar-refractivity contribution in [2.75, 3.05) is 6.54 Å². The molecule has 2 aromatic rings. The van der Waals surface area contributed by atoms with Crippen LogP contribution in [0.1, 0.15) is 20.3 Å². The maximum atomic E-state index is 12.6. The van der Waals surface area contributed by atoms with Gasteiger partial charge in [-0.25, -0.2) is 13.1 Å². The Morgan fingerprint density at radius 2 is 1.85 bits per heavy atom. The number of aromatic nitrogens is 2. The predicted molar refractivity (Wildman–Crippen MR) is 101 cm³/mol. The van der Waals surface area contributed by atoms with Gasteiger partial charge in [-0.3, -0.25) is 9.59 Å². The summed E-state index contributed by atoms with van der Waals surface area (Å²) < 4.78 is 26.9. The summed E-state index contributed by atoms with van der Waals surface area (Å²) in [4.78, 5) is 23.9. The van der Waals surface area contributed by atoms with Crippen LogP contribution in [0.4, 0.5) is 0 Å². The van der Waals surface area contributed by atoms with E-state index >= 15 is 0 Å². The van der Waals surface area contributed by atoms with E-state index in [0.29, 0.717) is 12.5 Å². The zero-order valence-corrected chi connectivity index (χ0v) is 16.9. The van der Waals surface area contributed by atoms with Crippen LogP contribution in [0.5, 0.6) is 0 Å². The molecule has 0 aliphatic carbocycles. The summed E-state index contributed by atoms with van der Waals surface area (Å²) in [5, 5.41) is 6.28. The molecule has 140 valence electrons. The molecule has 0 saturated carbocycles. The fourth-order valence-corrected chi connectivity index (χ4v) is 3.57. The van der Waals surface area contributed by atoms with E-state index in [4.69, 9.17) is 0 Å². The fourth-order valence-electron chi connectivity index (χ4n) is 2.11. The molecule has 1 aromatic heterocycles. The quantitative estimate of drug-likeness (QED) is 0.708. The summed E-state index contributed by atoms with van der Waals surface area (Å²) >= 11 is 3.25. The molecule has 0 saturated heterocycles. The predicted octanol–water partition coefficient (Wildman–Crippen LogP) is 2.00. The average Bonchev–Trinajstić information content (AvgIpc) is 2.56. The van der Waals surface area contributed by atoms with E-state index < -0.39 is 21.3 Å². The molecule has 1 amide bonds. The summed E-state index contributed by atoms with van der Waals surface area (Å²) in [5.74, 6) is 0.0500. The number of carbonyl (C=O) groups excluding carboxylic acids is 1. The van der Waals surface area contributed by atoms with Crippen LogP contribution in [-0.4, -0.2) is 30.7 Å². The lowest BCUT2D eigenvalue weighted by Gasteiger charge is -2.09. The largest absolute Gasteiger partial charge is 0.354 e. The molecule has 7 nitrogen and oxygen atoms in total. The van der Waals surface area contributed by atoms with Gasteiger partial charge in [-0.1, -0.05) is 29.8 Å². The van der Waals surface area contributed by atoms with Gasteiger partial charge < -0.3 is 5.32 Å². The average molecular weight is 442 g/mol. The molecule has 9 heteroatoms. The number of sulfone groups is 1. The zero-order chi connectivity index (χ0) is 19.3. The highest BCUT2D eigenvalue weighted by Gasteiger charge is 2.21. The molecule has 0 aliphatic rings. The van der Waals surface area contributed by atoms with Crippen LogP contribution in [0.3, 0.4) is 0 Å². The van der Waals surface area contributed by atoms with Gasteiger partial charge in [0.05, 0.1) is 4.90 Å². The Labute approximate surface area is 160 Å². The number of halogens is 1. The highest BCUT2D eigenvalue weighted by molar-refractivity contribution is 9.10. The minimum absolute atomic E-state index is 0.0554. The van der Waals surface area contributed by atoms with Crippen LogP contribution in [0.2, 0.25) is 0 Å². The lowest BCUT2D eigenvalue weighted by molar-refractivity contribution is -0.121. The Bertz CT molecular complexity index is 937. The minimum atomic E-state index is -3.88. The number of nitrogens with zero attached hydrogens (tertiary/aromatic N) is 2. The molecule has 0 aliphatic heterocycles. The summed E-state index contributed by atoms with van der Waals surface area (Å²) in [7, 11) is -3.88. The Morgan fingerprint density at radius 1 is 1.19 bits per heavy atom. The smallest absolute Gasteiger partial charge is 0.267 e. The zero-order valence-electron chi connectivity index (χ0n) is 14.5. The first-order valence-electron chi connectivity index (χ1n) is 8.05. The highest BCUT2D eigenvalue weighted by atomic mass is 79.9. The molecule has 26 heavy (non-hydrogen) atoms. The van der Waals surface area contributed by atoms with Crippen molar-refractivity contribution in [1.82, 2.24) is 15.1 Å². The van der Waals surface area contributed by atoms with Gasteiger partial charge in [0.1, 0.15) is 6.54 Å². The standard InChI is InChI=1S/C17H20BrN3O4S/c1-12(2)9-10-19-15(22)11-21-17(23)8-7-16(20-21)26(24,25)14-5-3-13(18)4-6-14/h3-8,12H,9-11H2,1-2H3,(H,19,22). The van der Waals surface area contributed by atoms with Crippen molar-refractivity contribution in [3.8, 4) is 0 Å². The third-order valence-corrected chi connectivity index (χ3v) is 5.77. The lowest BCUT2D eigenvalue weighted by atomic mass is 10.1. The van der Waals surface area contributed by atoms with Crippen molar-refractivity contribution in [2.45, 2.75) is 36.7 Å². The number of rotatable bonds is 7. The maximum Gasteiger partial charge on any atom is 0.267 e. The van der Waals surface area contributed by atoms with Crippen LogP contribution in [-0.2, 0) is 21.2 Å². The fraction of sp³-hybridized carbons (Fsp3) is 0.353. The summed E-state index contributed by atoms with van der Waals surface area (Å²) in [6, 6.07) is 8.33. The first-order chi connectivity index (χ1) is 12.2. The van der Waals surface area contributed by atoms with Crippen molar-refractivity contribution in [2.24, 2.45) is 5.92 Å². The van der Waals surface area contributed by atoms with Crippen LogP contribution in [0, 0.1) is 5.92 Å². The van der Waals surface area contributed by atoms with Gasteiger partial charge in [-0.05, 0) is 42.7 Å². The second-order valence-electron chi connectivity index (χ2n) is 6.16. The van der Waals surface area contributed by atoms with Crippen molar-refractivity contribution in [3.63, 3.8) is 0 Å². The lowest BCUT2D eigenvalue weighted by Crippen LogP contribution is -2.34. The molecule has 0 bridgehead atoms. The van der Waals surface area contributed by atoms with Crippen LogP contribution in [0.15, 0.2) is 55.6 Å². The molecule has 0 radical (unpaired) electrons. The number of hydrogen-bond donors (Lipinski definition) is 1. The van der Waals surface area contributed by atoms with Crippen molar-refractivity contribution >= 4 is 31.7 Å². The third-order valence-electron chi connectivity index (χ3n) is 3.58. The number of hydrogen-bond acceptors (Lipinski definition) is 5. The molecule has 0 spiro atoms. The first-order valence-corrected chi connectivity index (χ1v) is 10.3. The van der Waals surface area contributed by atoms with E-state index in [9.17, 15) is 18.0 Å². The molecule has 2 rings (SSSR count). The maximum absolute atomic E-state index is 12.6. The van der Waals surface area contributed by atoms with Gasteiger partial charge in [0.25, 0.3) is 5.56 Å². The molecule has 1 heterocycles. The summed E-state index contributed by atoms with van der Waals surface area (Å²) in [6.45, 7) is 4.23. The topological polar surface area (TPSA) is 98.1 Å². The minimum Gasteiger partial charge on any atom is -0.354 e. The Kier molecular flexibility index (Phi) is 6.71. The molecule has 1 aromatic carbocycles. The second kappa shape index (κ2) is 8.59. The Balaban J connectivity index is 2.22. The van der Waals surface area contributed by atoms with Crippen molar-refractivity contribution in [1.29, 1.82) is 0 Å². The number of benzene rings is 1. The summed E-state index contributed by atoms with van der Waals surface area (Å²) in [5.41, 5.74) is -0.543. The van der Waals surface area contributed by atoms with Crippen molar-refractivity contribution < 1.29 is 13.2 Å². The third kappa shape index (κ3) is 5.25. The van der Waals surface area contributed by atoms with Crippen molar-refractivity contribution in [3.05, 3.63) is 51.2 Å². The summed E-state index contributed by atoms with van der Waals surface area (Å²) in [6.07, 6.45) is 0.812. The van der Waals surface area contributed by atoms with Gasteiger partial charge in [-0.15, -0.1) is 0 Å². The van der Waals surface area contributed by atoms with Gasteiger partial charge in [0, 0.05) is 17.1 Å². The molecular weight excluding hydrogens is 422 g/mol. The number of nitrogens with one attached hydrogen (secondary N) is 1. The number of amides is 1. The van der Waals surface area contributed by atoms with Gasteiger partial charge >= 0.3 is 0 Å². The monoisotopic (exact) mass is 441 g/mol. The normalized spacial score (nSPS) is 11.5. The molecule has 0 unspecified atom stereocenters. The molecule has 0 fully saturated rings. The SMILES string of the molecule is CC(C)CCNC(=O)Cn1nc(S(=O)(=O)c2ccc(Br)cc2)ccc1=O. The molecule has 0 atom stereocenters. The second-order valence-corrected chi connectivity index (χ2v) is 8.97. The van der Waals surface area contributed by atoms with E-state index in [1.165, 1.54) is 12.1 Å². The van der Waals surface area contributed by atoms with Gasteiger partial charge in [0.15, 0.2) is 5.03 Å². The molecule has 1 N–H and O–H groups in total. The van der Waals surface area contributed by atoms with E-state index in [1.807, 2.05) is 13.8 Å². The van der Waals surface area contributed by atoms with E-state index in [0.717, 1.165) is 27.7 Å². The highest BCUT2D eigenvalue weighted by Crippen LogP contribution is 2.20. The van der Waals surface area contributed by atoms with Crippen LogP contribution < -0.4 is 10.9 Å². The van der Waals surface area contributed by atoms with Crippen LogP contribution >= 0.6 is 15.9 Å². The van der Waals surface area contributed by atoms with Gasteiger partial charge in [0.2, 0.25) is 15.7 Å². The Morgan fingerprint density at radius 3 is 2.46 bits per heavy atom. The van der Waals surface area contributed by atoms with E-state index in [1.54, 1.807) is 12.1 Å². The van der Waals surface area contributed by atoms with E-state index in [-0.39, 0.29) is 16.5 Å².